The van der Waals surface area contributed by atoms with Gasteiger partial charge in [0.15, 0.2) is 5.01 Å². The number of hydrogen-bond donors (Lipinski definition) is 1. The van der Waals surface area contributed by atoms with Gasteiger partial charge in [-0.3, -0.25) is 4.79 Å². The number of halogens is 5. The van der Waals surface area contributed by atoms with Crippen molar-refractivity contribution in [3.05, 3.63) is 27.8 Å². The van der Waals surface area contributed by atoms with E-state index in [1.54, 1.807) is 13.8 Å². The molecule has 0 fully saturated rings. The lowest BCUT2D eigenvalue weighted by atomic mass is 10.1. The van der Waals surface area contributed by atoms with Gasteiger partial charge in [-0.25, -0.2) is 18.3 Å². The molecule has 0 saturated carbocycles. The van der Waals surface area contributed by atoms with Gasteiger partial charge in [0.05, 0.1) is 0 Å². The van der Waals surface area contributed by atoms with Gasteiger partial charge in [-0.1, -0.05) is 11.3 Å². The maximum atomic E-state index is 12.8. The molecular formula is C14H12F5N7OS. The highest BCUT2D eigenvalue weighted by Crippen LogP contribution is 2.27. The molecule has 0 atom stereocenters. The number of aryl methyl sites for hydroxylation is 2. The van der Waals surface area contributed by atoms with Crippen LogP contribution in [0.1, 0.15) is 40.6 Å². The van der Waals surface area contributed by atoms with E-state index in [4.69, 9.17) is 0 Å². The molecule has 8 nitrogen and oxygen atoms in total. The lowest BCUT2D eigenvalue weighted by Gasteiger charge is -2.09. The van der Waals surface area contributed by atoms with Crippen molar-refractivity contribution >= 4 is 28.2 Å². The van der Waals surface area contributed by atoms with Gasteiger partial charge in [0.25, 0.3) is 18.0 Å². The van der Waals surface area contributed by atoms with Crippen LogP contribution in [-0.2, 0) is 17.4 Å². The summed E-state index contributed by atoms with van der Waals surface area (Å²) in [6.07, 6.45) is -7.41. The monoisotopic (exact) mass is 421 g/mol. The van der Waals surface area contributed by atoms with Gasteiger partial charge in [0.2, 0.25) is 11.0 Å². The average Bonchev–Trinajstić information content (AvgIpc) is 3.21. The molecule has 150 valence electrons. The molecule has 1 N–H and O–H groups in total. The van der Waals surface area contributed by atoms with E-state index in [0.717, 1.165) is 4.52 Å². The molecule has 1 amide bonds. The topological polar surface area (TPSA) is 98.0 Å². The van der Waals surface area contributed by atoms with Crippen LogP contribution < -0.4 is 5.32 Å². The second kappa shape index (κ2) is 7.33. The summed E-state index contributed by atoms with van der Waals surface area (Å²) < 4.78 is 64.3. The van der Waals surface area contributed by atoms with Crippen molar-refractivity contribution in [2.75, 3.05) is 5.32 Å². The van der Waals surface area contributed by atoms with Crippen LogP contribution in [0.25, 0.3) is 5.78 Å². The van der Waals surface area contributed by atoms with E-state index in [0.29, 0.717) is 28.3 Å². The van der Waals surface area contributed by atoms with Crippen molar-refractivity contribution in [3.63, 3.8) is 0 Å². The molecule has 3 heterocycles. The number of hydrogen-bond acceptors (Lipinski definition) is 7. The molecule has 0 aliphatic carbocycles. The summed E-state index contributed by atoms with van der Waals surface area (Å²) in [4.78, 5) is 19.4. The third kappa shape index (κ3) is 4.05. The molecule has 0 radical (unpaired) electrons. The molecule has 3 rings (SSSR count). The lowest BCUT2D eigenvalue weighted by Crippen LogP contribution is -2.14. The van der Waals surface area contributed by atoms with Gasteiger partial charge >= 0.3 is 6.18 Å². The molecule has 0 aliphatic heterocycles. The highest BCUT2D eigenvalue weighted by atomic mass is 32.1. The molecule has 3 aromatic rings. The van der Waals surface area contributed by atoms with Crippen LogP contribution in [-0.4, -0.2) is 35.7 Å². The first-order chi connectivity index (χ1) is 13.1. The minimum Gasteiger partial charge on any atom is -0.301 e. The number of carbonyl (C=O) groups is 1. The molecule has 3 aromatic heterocycles. The number of amides is 1. The lowest BCUT2D eigenvalue weighted by molar-refractivity contribution is -0.144. The van der Waals surface area contributed by atoms with Gasteiger partial charge in [0, 0.05) is 17.8 Å². The maximum Gasteiger partial charge on any atom is 0.453 e. The fourth-order valence-corrected chi connectivity index (χ4v) is 3.10. The minimum atomic E-state index is -4.70. The van der Waals surface area contributed by atoms with Crippen LogP contribution >= 0.6 is 11.3 Å². The molecule has 0 aromatic carbocycles. The predicted octanol–water partition coefficient (Wildman–Crippen LogP) is 3.12. The summed E-state index contributed by atoms with van der Waals surface area (Å²) >= 11 is 0.559. The Balaban J connectivity index is 1.75. The number of anilines is 1. The highest BCUT2D eigenvalue weighted by Gasteiger charge is 2.37. The van der Waals surface area contributed by atoms with E-state index < -0.39 is 29.3 Å². The highest BCUT2D eigenvalue weighted by molar-refractivity contribution is 7.15. The van der Waals surface area contributed by atoms with Crippen LogP contribution in [0.4, 0.5) is 27.1 Å². The Morgan fingerprint density at radius 3 is 2.54 bits per heavy atom. The quantitative estimate of drug-likeness (QED) is 0.636. The van der Waals surface area contributed by atoms with Crippen molar-refractivity contribution in [1.29, 1.82) is 0 Å². The molecule has 0 saturated heterocycles. The third-order valence-electron chi connectivity index (χ3n) is 3.78. The van der Waals surface area contributed by atoms with Gasteiger partial charge in [-0.2, -0.15) is 18.2 Å². The molecule has 0 spiro atoms. The molecule has 0 bridgehead atoms. The number of rotatable bonds is 5. The normalized spacial score (nSPS) is 12.1. The van der Waals surface area contributed by atoms with Gasteiger partial charge in [0.1, 0.15) is 0 Å². The van der Waals surface area contributed by atoms with Crippen LogP contribution in [0.15, 0.2) is 0 Å². The summed E-state index contributed by atoms with van der Waals surface area (Å²) in [6.45, 7) is 3.13. The largest absolute Gasteiger partial charge is 0.453 e. The van der Waals surface area contributed by atoms with Gasteiger partial charge in [-0.15, -0.1) is 15.3 Å². The summed E-state index contributed by atoms with van der Waals surface area (Å²) in [7, 11) is 0. The van der Waals surface area contributed by atoms with Gasteiger partial charge < -0.3 is 5.32 Å². The number of carbonyl (C=O) groups excluding carboxylic acids is 1. The fraction of sp³-hybridized carbons (Fsp3) is 0.429. The second-order valence-corrected chi connectivity index (χ2v) is 6.71. The first kappa shape index (κ1) is 20.0. The standard InChI is InChI=1S/C14H12F5N7OS/c1-5-7(3-4-8(27)21-13-24-23-10(28-13)9(15)16)6(2)26-12(20-5)22-11(25-26)14(17,18)19/h9H,3-4H2,1-2H3,(H,21,24,27). The molecule has 0 aliphatic rings. The summed E-state index contributed by atoms with van der Waals surface area (Å²) in [5, 5.41) is 11.9. The maximum absolute atomic E-state index is 12.8. The smallest absolute Gasteiger partial charge is 0.301 e. The number of nitrogens with zero attached hydrogens (tertiary/aromatic N) is 6. The summed E-state index contributed by atoms with van der Waals surface area (Å²) in [5.41, 5.74) is 1.32. The zero-order chi connectivity index (χ0) is 20.6. The SMILES string of the molecule is Cc1nc2nc(C(F)(F)F)nn2c(C)c1CCC(=O)Nc1nnc(C(F)F)s1. The zero-order valence-corrected chi connectivity index (χ0v) is 15.2. The average molecular weight is 421 g/mol. The van der Waals surface area contributed by atoms with E-state index in [-0.39, 0.29) is 23.8 Å². The Kier molecular flexibility index (Phi) is 5.23. The number of aromatic nitrogens is 6. The van der Waals surface area contributed by atoms with E-state index in [1.165, 1.54) is 0 Å². The van der Waals surface area contributed by atoms with Crippen molar-refractivity contribution in [2.24, 2.45) is 0 Å². The molecular weight excluding hydrogens is 409 g/mol. The van der Waals surface area contributed by atoms with E-state index in [1.807, 2.05) is 0 Å². The Hall–Kier alpha value is -2.77. The Labute approximate surface area is 157 Å². The number of alkyl halides is 5. The minimum absolute atomic E-state index is 0.0617. The first-order valence-corrected chi connectivity index (χ1v) is 8.59. The van der Waals surface area contributed by atoms with E-state index >= 15 is 0 Å². The first-order valence-electron chi connectivity index (χ1n) is 7.77. The number of nitrogens with one attached hydrogen (secondary N) is 1. The Morgan fingerprint density at radius 1 is 1.21 bits per heavy atom. The Bertz CT molecular complexity index is 1030. The number of fused-ring (bicyclic) bond motifs is 1. The van der Waals surface area contributed by atoms with Crippen LogP contribution in [0.3, 0.4) is 0 Å². The van der Waals surface area contributed by atoms with E-state index in [9.17, 15) is 26.7 Å². The van der Waals surface area contributed by atoms with Gasteiger partial charge in [-0.05, 0) is 25.8 Å². The van der Waals surface area contributed by atoms with Crippen molar-refractivity contribution in [1.82, 2.24) is 29.8 Å². The van der Waals surface area contributed by atoms with Crippen LogP contribution in [0, 0.1) is 13.8 Å². The second-order valence-electron chi connectivity index (χ2n) is 5.70. The molecule has 14 heteroatoms. The van der Waals surface area contributed by atoms with Crippen molar-refractivity contribution in [2.45, 2.75) is 39.3 Å². The fourth-order valence-electron chi connectivity index (χ4n) is 2.48. The summed E-state index contributed by atoms with van der Waals surface area (Å²) in [5.74, 6) is -2.00. The molecule has 0 unspecified atom stereocenters. The van der Waals surface area contributed by atoms with Crippen molar-refractivity contribution in [3.8, 4) is 0 Å². The Morgan fingerprint density at radius 2 is 1.93 bits per heavy atom. The summed E-state index contributed by atoms with van der Waals surface area (Å²) in [6, 6.07) is 0. The van der Waals surface area contributed by atoms with Crippen LogP contribution in [0.5, 0.6) is 0 Å². The molecule has 28 heavy (non-hydrogen) atoms. The van der Waals surface area contributed by atoms with E-state index in [2.05, 4.69) is 30.6 Å². The predicted molar refractivity (Wildman–Crippen MR) is 87.1 cm³/mol. The zero-order valence-electron chi connectivity index (χ0n) is 14.4. The van der Waals surface area contributed by atoms with Crippen molar-refractivity contribution < 1.29 is 26.7 Å². The van der Waals surface area contributed by atoms with Crippen LogP contribution in [0.2, 0.25) is 0 Å². The third-order valence-corrected chi connectivity index (χ3v) is 4.62.